The SMILES string of the molecule is C=C/C(=C\C(=C/C)c1ccc2[nH]nc(-c3cc4c(-c5cc(F)cc(CNS(=C)(=C)C)c5)nccc4[nH]3)c2n1)NC(=C)C1CCCCC1. The van der Waals surface area contributed by atoms with E-state index in [1.165, 1.54) is 44.2 Å². The number of rotatable bonds is 11. The van der Waals surface area contributed by atoms with Gasteiger partial charge in [0.05, 0.1) is 22.6 Å². The second kappa shape index (κ2) is 13.6. The van der Waals surface area contributed by atoms with Crippen molar-refractivity contribution in [3.05, 3.63) is 109 Å². The largest absolute Gasteiger partial charge is 0.359 e. The Morgan fingerprint density at radius 2 is 1.87 bits per heavy atom. The molecule has 0 atom stereocenters. The van der Waals surface area contributed by atoms with Gasteiger partial charge in [-0.2, -0.15) is 14.5 Å². The summed E-state index contributed by atoms with van der Waals surface area (Å²) in [6.07, 6.45) is 15.8. The van der Waals surface area contributed by atoms with Gasteiger partial charge in [-0.15, -0.1) is 0 Å². The summed E-state index contributed by atoms with van der Waals surface area (Å²) < 4.78 is 18.1. The van der Waals surface area contributed by atoms with Crippen molar-refractivity contribution in [1.82, 2.24) is 35.2 Å². The van der Waals surface area contributed by atoms with E-state index in [4.69, 9.17) is 4.98 Å². The summed E-state index contributed by atoms with van der Waals surface area (Å²) in [5.74, 6) is 8.29. The smallest absolute Gasteiger partial charge is 0.135 e. The van der Waals surface area contributed by atoms with Gasteiger partial charge >= 0.3 is 0 Å². The lowest BCUT2D eigenvalue weighted by molar-refractivity contribution is 0.393. The molecule has 47 heavy (non-hydrogen) atoms. The molecule has 1 aromatic carbocycles. The Morgan fingerprint density at radius 1 is 1.06 bits per heavy atom. The van der Waals surface area contributed by atoms with Gasteiger partial charge in [-0.25, -0.2) is 9.37 Å². The minimum atomic E-state index is -1.44. The predicted molar refractivity (Wildman–Crippen MR) is 200 cm³/mol. The molecule has 1 aliphatic rings. The van der Waals surface area contributed by atoms with Crippen molar-refractivity contribution < 1.29 is 4.39 Å². The van der Waals surface area contributed by atoms with Gasteiger partial charge in [0.1, 0.15) is 17.0 Å². The molecule has 0 unspecified atom stereocenters. The van der Waals surface area contributed by atoms with Gasteiger partial charge in [0.2, 0.25) is 0 Å². The van der Waals surface area contributed by atoms with Crippen molar-refractivity contribution >= 4 is 48.6 Å². The van der Waals surface area contributed by atoms with E-state index in [9.17, 15) is 4.39 Å². The van der Waals surface area contributed by atoms with E-state index in [0.29, 0.717) is 29.4 Å². The molecule has 0 saturated heterocycles. The molecular weight excluding hydrogens is 606 g/mol. The number of nitrogens with one attached hydrogen (secondary N) is 4. The van der Waals surface area contributed by atoms with Crippen LogP contribution in [0.15, 0.2) is 91.4 Å². The summed E-state index contributed by atoms with van der Waals surface area (Å²) in [6.45, 7) is 10.9. The number of aromatic nitrogens is 5. The van der Waals surface area contributed by atoms with Crippen LogP contribution in [-0.4, -0.2) is 43.1 Å². The molecule has 5 aromatic rings. The zero-order chi connectivity index (χ0) is 33.1. The number of H-pyrrole nitrogens is 2. The van der Waals surface area contributed by atoms with Crippen LogP contribution in [0.25, 0.3) is 50.2 Å². The number of hydrogen-bond acceptors (Lipinski definition) is 5. The molecule has 1 fully saturated rings. The molecule has 6 rings (SSSR count). The van der Waals surface area contributed by atoms with Crippen molar-refractivity contribution in [2.75, 3.05) is 6.26 Å². The molecule has 0 amide bonds. The van der Waals surface area contributed by atoms with Gasteiger partial charge in [0.25, 0.3) is 0 Å². The maximum absolute atomic E-state index is 14.8. The zero-order valence-electron chi connectivity index (χ0n) is 27.1. The molecule has 4 aromatic heterocycles. The predicted octanol–water partition coefficient (Wildman–Crippen LogP) is 8.77. The van der Waals surface area contributed by atoms with Gasteiger partial charge in [-0.1, -0.05) is 50.2 Å². The van der Waals surface area contributed by atoms with Crippen molar-refractivity contribution in [3.63, 3.8) is 0 Å². The molecular formula is C38H42FN7S. The lowest BCUT2D eigenvalue weighted by atomic mass is 9.87. The van der Waals surface area contributed by atoms with Gasteiger partial charge in [-0.05, 0) is 97.7 Å². The van der Waals surface area contributed by atoms with Crippen LogP contribution in [0, 0.1) is 11.7 Å². The summed E-state index contributed by atoms with van der Waals surface area (Å²) in [5, 5.41) is 12.1. The maximum atomic E-state index is 14.8. The number of pyridine rings is 2. The van der Waals surface area contributed by atoms with E-state index >= 15 is 0 Å². The van der Waals surface area contributed by atoms with Crippen molar-refractivity contribution in [2.24, 2.45) is 5.92 Å². The third-order valence-corrected chi connectivity index (χ3v) is 9.45. The Labute approximate surface area is 276 Å². The zero-order valence-corrected chi connectivity index (χ0v) is 27.9. The van der Waals surface area contributed by atoms with Gasteiger partial charge in [0, 0.05) is 40.6 Å². The molecule has 7 nitrogen and oxygen atoms in total. The Kier molecular flexibility index (Phi) is 9.29. The van der Waals surface area contributed by atoms with E-state index in [1.807, 2.05) is 55.7 Å². The summed E-state index contributed by atoms with van der Waals surface area (Å²) in [6, 6.07) is 12.9. The number of nitrogens with zero attached hydrogens (tertiary/aromatic N) is 3. The quantitative estimate of drug-likeness (QED) is 0.0850. The fourth-order valence-electron chi connectivity index (χ4n) is 6.16. The summed E-state index contributed by atoms with van der Waals surface area (Å²) in [7, 11) is -1.44. The molecule has 4 heterocycles. The lowest BCUT2D eigenvalue weighted by Crippen LogP contribution is -2.20. The number of hydrogen-bond donors (Lipinski definition) is 4. The monoisotopic (exact) mass is 647 g/mol. The lowest BCUT2D eigenvalue weighted by Gasteiger charge is -2.25. The van der Waals surface area contributed by atoms with E-state index in [0.717, 1.165) is 55.9 Å². The van der Waals surface area contributed by atoms with E-state index < -0.39 is 9.39 Å². The first-order chi connectivity index (χ1) is 22.6. The highest BCUT2D eigenvalue weighted by Gasteiger charge is 2.19. The second-order valence-corrected chi connectivity index (χ2v) is 15.3. The molecule has 4 N–H and O–H groups in total. The van der Waals surface area contributed by atoms with Crippen molar-refractivity contribution in [1.29, 1.82) is 0 Å². The van der Waals surface area contributed by atoms with Crippen LogP contribution >= 0.6 is 9.39 Å². The number of aromatic amines is 2. The molecule has 0 radical (unpaired) electrons. The highest BCUT2D eigenvalue weighted by Crippen LogP contribution is 2.34. The van der Waals surface area contributed by atoms with Crippen molar-refractivity contribution in [2.45, 2.75) is 45.6 Å². The first-order valence-corrected chi connectivity index (χ1v) is 18.3. The highest BCUT2D eigenvalue weighted by molar-refractivity contribution is 8.25. The van der Waals surface area contributed by atoms with Crippen LogP contribution in [0.3, 0.4) is 0 Å². The van der Waals surface area contributed by atoms with Crippen LogP contribution in [0.5, 0.6) is 0 Å². The van der Waals surface area contributed by atoms with E-state index in [1.54, 1.807) is 6.20 Å². The Balaban J connectivity index is 1.32. The molecule has 0 bridgehead atoms. The van der Waals surface area contributed by atoms with Crippen LogP contribution in [0.2, 0.25) is 0 Å². The van der Waals surface area contributed by atoms with Crippen molar-refractivity contribution in [3.8, 4) is 22.6 Å². The average molecular weight is 648 g/mol. The minimum Gasteiger partial charge on any atom is -0.359 e. The maximum Gasteiger partial charge on any atom is 0.135 e. The molecule has 1 aliphatic carbocycles. The number of fused-ring (bicyclic) bond motifs is 2. The first-order valence-electron chi connectivity index (χ1n) is 15.9. The third-order valence-electron chi connectivity index (χ3n) is 8.61. The van der Waals surface area contributed by atoms with Gasteiger partial charge in [-0.3, -0.25) is 14.8 Å². The Hall–Kier alpha value is -4.73. The average Bonchev–Trinajstić information content (AvgIpc) is 3.69. The number of halogens is 1. The second-order valence-electron chi connectivity index (χ2n) is 12.4. The van der Waals surface area contributed by atoms with Crippen LogP contribution in [0.4, 0.5) is 4.39 Å². The first kappa shape index (κ1) is 32.2. The summed E-state index contributed by atoms with van der Waals surface area (Å²) >= 11 is 0. The van der Waals surface area contributed by atoms with E-state index in [2.05, 4.69) is 61.2 Å². The summed E-state index contributed by atoms with van der Waals surface area (Å²) in [5.41, 5.74) is 9.78. The molecule has 0 spiro atoms. The Bertz CT molecular complexity index is 2140. The van der Waals surface area contributed by atoms with Crippen LogP contribution in [-0.2, 0) is 6.54 Å². The Morgan fingerprint density at radius 3 is 2.62 bits per heavy atom. The number of benzene rings is 1. The topological polar surface area (TPSA) is 94.3 Å². The van der Waals surface area contributed by atoms with E-state index in [-0.39, 0.29) is 5.82 Å². The molecule has 0 aliphatic heterocycles. The van der Waals surface area contributed by atoms with Gasteiger partial charge in [0.15, 0.2) is 0 Å². The highest BCUT2D eigenvalue weighted by atomic mass is 32.2. The van der Waals surface area contributed by atoms with Gasteiger partial charge < -0.3 is 10.3 Å². The fraction of sp³-hybridized carbons (Fsp3) is 0.237. The molecule has 9 heteroatoms. The minimum absolute atomic E-state index is 0.323. The third kappa shape index (κ3) is 7.32. The fourth-order valence-corrected chi connectivity index (χ4v) is 6.68. The molecule has 242 valence electrons. The molecule has 1 saturated carbocycles. The summed E-state index contributed by atoms with van der Waals surface area (Å²) in [4.78, 5) is 13.2. The van der Waals surface area contributed by atoms with Crippen LogP contribution in [0.1, 0.15) is 50.3 Å². The standard InChI is InChI=1S/C38H42FN7S/c1-7-26(21-30(8-2)42-24(3)27-12-10-9-11-13-27)32-14-15-34-37(44-32)38(46-45-34)35-22-31-33(43-35)16-17-40-36(31)28-18-25(19-29(39)20-28)23-41-47(4,5)6/h7-8,14-22,27,41-43H,2-5,9-13,23H2,1,6H3,(H,45,46)/b26-7+,30-21+. The normalized spacial score (nSPS) is 15.0. The van der Waals surface area contributed by atoms with Crippen LogP contribution < -0.4 is 10.0 Å². The number of allylic oxidation sites excluding steroid dienone is 5.